The van der Waals surface area contributed by atoms with Crippen molar-refractivity contribution in [3.05, 3.63) is 182 Å². The second-order valence-electron chi connectivity index (χ2n) is 13.7. The van der Waals surface area contributed by atoms with E-state index in [1.807, 2.05) is 0 Å². The fourth-order valence-corrected chi connectivity index (χ4v) is 8.36. The molecular formula is C50H30O. The minimum absolute atomic E-state index is 0.912. The van der Waals surface area contributed by atoms with Crippen LogP contribution in [0.4, 0.5) is 0 Å². The smallest absolute Gasteiger partial charge is 0.143 e. The summed E-state index contributed by atoms with van der Waals surface area (Å²) >= 11 is 0. The van der Waals surface area contributed by atoms with Crippen LogP contribution in [0.25, 0.3) is 109 Å². The van der Waals surface area contributed by atoms with Crippen LogP contribution in [-0.2, 0) is 0 Å². The van der Waals surface area contributed by atoms with Crippen LogP contribution in [0.1, 0.15) is 0 Å². The lowest BCUT2D eigenvalue weighted by molar-refractivity contribution is 0.672. The van der Waals surface area contributed by atoms with Crippen molar-refractivity contribution in [3.63, 3.8) is 0 Å². The van der Waals surface area contributed by atoms with E-state index in [2.05, 4.69) is 182 Å². The second-order valence-corrected chi connectivity index (χ2v) is 13.7. The highest BCUT2D eigenvalue weighted by atomic mass is 16.3. The topological polar surface area (TPSA) is 13.1 Å². The maximum atomic E-state index is 6.49. The van der Waals surface area contributed by atoms with Crippen LogP contribution >= 0.6 is 0 Å². The number of fused-ring (bicyclic) bond motifs is 9. The van der Waals surface area contributed by atoms with Crippen LogP contribution in [0.5, 0.6) is 0 Å². The molecule has 1 nitrogen and oxygen atoms in total. The summed E-state index contributed by atoms with van der Waals surface area (Å²) in [4.78, 5) is 0. The van der Waals surface area contributed by atoms with E-state index in [-0.39, 0.29) is 0 Å². The summed E-state index contributed by atoms with van der Waals surface area (Å²) < 4.78 is 6.49. The molecule has 0 saturated heterocycles. The Labute approximate surface area is 294 Å². The van der Waals surface area contributed by atoms with Crippen molar-refractivity contribution >= 4 is 75.8 Å². The van der Waals surface area contributed by atoms with Crippen LogP contribution in [0.2, 0.25) is 0 Å². The molecule has 0 N–H and O–H groups in total. The third-order valence-electron chi connectivity index (χ3n) is 10.8. The van der Waals surface area contributed by atoms with Crippen molar-refractivity contribution in [1.82, 2.24) is 0 Å². The molecule has 0 aliphatic rings. The summed E-state index contributed by atoms with van der Waals surface area (Å²) in [6.45, 7) is 0. The van der Waals surface area contributed by atoms with Crippen LogP contribution in [0.15, 0.2) is 186 Å². The maximum absolute atomic E-state index is 6.49. The first-order valence-corrected chi connectivity index (χ1v) is 17.6. The Hall–Kier alpha value is -6.70. The number of benzene rings is 10. The van der Waals surface area contributed by atoms with Gasteiger partial charge in [0.25, 0.3) is 0 Å². The number of hydrogen-bond donors (Lipinski definition) is 0. The van der Waals surface area contributed by atoms with Crippen LogP contribution in [0.3, 0.4) is 0 Å². The predicted octanol–water partition coefficient (Wildman–Crippen LogP) is 14.4. The zero-order chi connectivity index (χ0) is 33.5. The predicted molar refractivity (Wildman–Crippen MR) is 218 cm³/mol. The first-order chi connectivity index (χ1) is 25.3. The van der Waals surface area contributed by atoms with Crippen molar-refractivity contribution in [2.75, 3.05) is 0 Å². The first kappa shape index (κ1) is 28.2. The van der Waals surface area contributed by atoms with E-state index >= 15 is 0 Å². The maximum Gasteiger partial charge on any atom is 0.143 e. The fraction of sp³-hybridized carbons (Fsp3) is 0. The number of rotatable bonds is 3. The van der Waals surface area contributed by atoms with Gasteiger partial charge in [-0.05, 0) is 118 Å². The molecule has 0 aliphatic heterocycles. The van der Waals surface area contributed by atoms with Gasteiger partial charge in [-0.3, -0.25) is 0 Å². The van der Waals surface area contributed by atoms with Crippen molar-refractivity contribution < 1.29 is 4.42 Å². The summed E-state index contributed by atoms with van der Waals surface area (Å²) in [6, 6.07) is 66.4. The molecule has 0 atom stereocenters. The molecule has 0 aliphatic carbocycles. The largest absolute Gasteiger partial charge is 0.455 e. The Morgan fingerprint density at radius 2 is 0.686 bits per heavy atom. The molecule has 0 radical (unpaired) electrons. The lowest BCUT2D eigenvalue weighted by atomic mass is 9.85. The zero-order valence-corrected chi connectivity index (χ0v) is 27.7. The van der Waals surface area contributed by atoms with E-state index in [1.54, 1.807) is 0 Å². The van der Waals surface area contributed by atoms with Gasteiger partial charge in [-0.25, -0.2) is 0 Å². The molecule has 0 unspecified atom stereocenters. The molecule has 0 amide bonds. The van der Waals surface area contributed by atoms with Gasteiger partial charge in [0.2, 0.25) is 0 Å². The van der Waals surface area contributed by atoms with Crippen LogP contribution in [0, 0.1) is 0 Å². The van der Waals surface area contributed by atoms with Crippen molar-refractivity contribution in [2.24, 2.45) is 0 Å². The molecular weight excluding hydrogens is 617 g/mol. The third kappa shape index (κ3) is 4.35. The van der Waals surface area contributed by atoms with Gasteiger partial charge >= 0.3 is 0 Å². The number of furan rings is 1. The molecule has 1 heteroatoms. The highest BCUT2D eigenvalue weighted by molar-refractivity contribution is 6.23. The average molecular weight is 647 g/mol. The molecule has 0 fully saturated rings. The van der Waals surface area contributed by atoms with Crippen LogP contribution in [-0.4, -0.2) is 0 Å². The van der Waals surface area contributed by atoms with Gasteiger partial charge < -0.3 is 4.42 Å². The molecule has 0 spiro atoms. The van der Waals surface area contributed by atoms with Gasteiger partial charge in [-0.2, -0.15) is 0 Å². The van der Waals surface area contributed by atoms with Gasteiger partial charge in [-0.15, -0.1) is 0 Å². The molecule has 10 aromatic carbocycles. The molecule has 11 rings (SSSR count). The van der Waals surface area contributed by atoms with Gasteiger partial charge in [0.1, 0.15) is 11.2 Å². The minimum Gasteiger partial charge on any atom is -0.455 e. The zero-order valence-electron chi connectivity index (χ0n) is 27.7. The summed E-state index contributed by atoms with van der Waals surface area (Å²) in [6.07, 6.45) is 0. The third-order valence-corrected chi connectivity index (χ3v) is 10.8. The van der Waals surface area contributed by atoms with Crippen molar-refractivity contribution in [1.29, 1.82) is 0 Å². The molecule has 236 valence electrons. The number of hydrogen-bond acceptors (Lipinski definition) is 1. The van der Waals surface area contributed by atoms with Gasteiger partial charge in [-0.1, -0.05) is 146 Å². The molecule has 1 aromatic heterocycles. The highest BCUT2D eigenvalue weighted by Crippen LogP contribution is 2.45. The van der Waals surface area contributed by atoms with Crippen molar-refractivity contribution in [3.8, 4) is 33.4 Å². The Morgan fingerprint density at radius 3 is 1.33 bits per heavy atom. The van der Waals surface area contributed by atoms with E-state index in [0.29, 0.717) is 0 Å². The minimum atomic E-state index is 0.912. The Morgan fingerprint density at radius 1 is 0.255 bits per heavy atom. The Bertz CT molecular complexity index is 3140. The monoisotopic (exact) mass is 646 g/mol. The molecule has 0 bridgehead atoms. The van der Waals surface area contributed by atoms with E-state index < -0.39 is 0 Å². The summed E-state index contributed by atoms with van der Waals surface area (Å²) in [5, 5.41) is 14.6. The van der Waals surface area contributed by atoms with Gasteiger partial charge in [0.05, 0.1) is 0 Å². The summed E-state index contributed by atoms with van der Waals surface area (Å²) in [5.74, 6) is 0. The summed E-state index contributed by atoms with van der Waals surface area (Å²) in [7, 11) is 0. The fourth-order valence-electron chi connectivity index (χ4n) is 8.36. The standard InChI is InChI=1S/C50H30O/c1-2-11-33-27-34(18-17-31(33)9-1)35-19-20-37-29-38(22-21-36(37)28-35)48-41-13-5-7-15-43(41)49(44-16-8-6-14-42(44)48)39-24-26-47-46(30-39)45-25-23-32-10-3-4-12-40(32)50(45)51-47/h1-30H. The van der Waals surface area contributed by atoms with E-state index in [0.717, 1.165) is 27.3 Å². The lowest BCUT2D eigenvalue weighted by Crippen LogP contribution is -1.91. The highest BCUT2D eigenvalue weighted by Gasteiger charge is 2.18. The lowest BCUT2D eigenvalue weighted by Gasteiger charge is -2.18. The molecule has 1 heterocycles. The van der Waals surface area contributed by atoms with Gasteiger partial charge in [0, 0.05) is 16.2 Å². The normalized spacial score (nSPS) is 11.9. The van der Waals surface area contributed by atoms with E-state index in [1.165, 1.54) is 81.9 Å². The van der Waals surface area contributed by atoms with Crippen LogP contribution < -0.4 is 0 Å². The van der Waals surface area contributed by atoms with E-state index in [9.17, 15) is 0 Å². The Balaban J connectivity index is 1.09. The van der Waals surface area contributed by atoms with Gasteiger partial charge in [0.15, 0.2) is 0 Å². The second kappa shape index (κ2) is 10.9. The quantitative estimate of drug-likeness (QED) is 0.174. The Kier molecular flexibility index (Phi) is 6.02. The molecule has 0 saturated carbocycles. The first-order valence-electron chi connectivity index (χ1n) is 17.6. The summed E-state index contributed by atoms with van der Waals surface area (Å²) in [5.41, 5.74) is 9.27. The molecule has 11 aromatic rings. The van der Waals surface area contributed by atoms with E-state index in [4.69, 9.17) is 4.42 Å². The van der Waals surface area contributed by atoms with Crippen molar-refractivity contribution in [2.45, 2.75) is 0 Å². The molecule has 51 heavy (non-hydrogen) atoms. The SMILES string of the molecule is c1ccc2cc(-c3ccc4cc(-c5c6ccccc6c(-c6ccc7oc8c9ccccc9ccc8c7c6)c6ccccc56)ccc4c3)ccc2c1. The average Bonchev–Trinajstić information content (AvgIpc) is 3.58.